The van der Waals surface area contributed by atoms with Crippen molar-refractivity contribution in [3.05, 3.63) is 35.9 Å². The van der Waals surface area contributed by atoms with Gasteiger partial charge in [0, 0.05) is 0 Å². The Bertz CT molecular complexity index is 196. The van der Waals surface area contributed by atoms with Crippen LogP contribution in [0.15, 0.2) is 24.3 Å². The molecule has 0 nitrogen and oxygen atoms in total. The van der Waals surface area contributed by atoms with E-state index in [1.807, 2.05) is 38.1 Å². The van der Waals surface area contributed by atoms with E-state index in [9.17, 15) is 0 Å². The highest BCUT2D eigenvalue weighted by Crippen LogP contribution is 2.26. The first-order chi connectivity index (χ1) is 4.61. The van der Waals surface area contributed by atoms with Crippen molar-refractivity contribution in [2.75, 3.05) is 0 Å². The first kappa shape index (κ1) is 7.62. The van der Waals surface area contributed by atoms with Crippen molar-refractivity contribution in [3.63, 3.8) is 0 Å². The smallest absolute Gasteiger partial charge is 0.0644 e. The highest BCUT2D eigenvalue weighted by atomic mass is 35.5. The minimum absolute atomic E-state index is 0.290. The summed E-state index contributed by atoms with van der Waals surface area (Å²) in [5.41, 5.74) is 1.04. The second-order valence-corrected chi connectivity index (χ2v) is 3.69. The number of benzene rings is 1. The molecule has 0 unspecified atom stereocenters. The summed E-state index contributed by atoms with van der Waals surface area (Å²) in [6, 6.07) is 10.8. The van der Waals surface area contributed by atoms with Gasteiger partial charge in [-0.1, -0.05) is 24.3 Å². The Hall–Kier alpha value is -0.490. The van der Waals surface area contributed by atoms with Gasteiger partial charge in [0.25, 0.3) is 0 Å². The zero-order chi connectivity index (χ0) is 7.61. The van der Waals surface area contributed by atoms with Crippen LogP contribution in [-0.4, -0.2) is 0 Å². The topological polar surface area (TPSA) is 0 Å². The van der Waals surface area contributed by atoms with E-state index >= 15 is 0 Å². The average molecular weight is 154 g/mol. The summed E-state index contributed by atoms with van der Waals surface area (Å²) in [6.45, 7) is 3.92. The summed E-state index contributed by atoms with van der Waals surface area (Å²) >= 11 is 6.03. The molecule has 0 saturated heterocycles. The van der Waals surface area contributed by atoms with Crippen LogP contribution in [0.3, 0.4) is 0 Å². The molecule has 0 amide bonds. The largest absolute Gasteiger partial charge is 0.115 e. The fraction of sp³-hybridized carbons (Fsp3) is 0.333. The van der Waals surface area contributed by atoms with Gasteiger partial charge in [0.2, 0.25) is 0 Å². The van der Waals surface area contributed by atoms with Gasteiger partial charge in [-0.15, -0.1) is 11.6 Å². The van der Waals surface area contributed by atoms with Crippen molar-refractivity contribution in [2.24, 2.45) is 0 Å². The first-order valence-electron chi connectivity index (χ1n) is 3.27. The highest BCUT2D eigenvalue weighted by molar-refractivity contribution is 6.23. The van der Waals surface area contributed by atoms with Gasteiger partial charge in [-0.3, -0.25) is 0 Å². The van der Waals surface area contributed by atoms with Crippen LogP contribution in [0.5, 0.6) is 0 Å². The molecule has 0 saturated carbocycles. The van der Waals surface area contributed by atoms with E-state index in [0.29, 0.717) is 0 Å². The van der Waals surface area contributed by atoms with E-state index in [1.54, 1.807) is 0 Å². The number of rotatable bonds is 1. The van der Waals surface area contributed by atoms with E-state index < -0.39 is 0 Å². The third-order valence-electron chi connectivity index (χ3n) is 1.35. The van der Waals surface area contributed by atoms with Gasteiger partial charge in [0.15, 0.2) is 0 Å². The second-order valence-electron chi connectivity index (χ2n) is 2.75. The molecule has 0 N–H and O–H groups in total. The minimum atomic E-state index is -0.290. The molecule has 1 heteroatoms. The van der Waals surface area contributed by atoms with Crippen LogP contribution >= 0.6 is 11.6 Å². The molecule has 0 aromatic heterocycles. The molecule has 0 aliphatic heterocycles. The first-order valence-corrected chi connectivity index (χ1v) is 3.64. The van der Waals surface area contributed by atoms with Crippen LogP contribution < -0.4 is 0 Å². The molecule has 10 heavy (non-hydrogen) atoms. The third-order valence-corrected chi connectivity index (χ3v) is 1.55. The quantitative estimate of drug-likeness (QED) is 0.545. The molecule has 0 spiro atoms. The SMILES string of the molecule is CC(C)(Cl)c1[c]cccc1. The number of halogens is 1. The van der Waals surface area contributed by atoms with E-state index in [0.717, 1.165) is 5.56 Å². The highest BCUT2D eigenvalue weighted by Gasteiger charge is 2.14. The molecule has 53 valence electrons. The molecule has 0 aliphatic rings. The molecule has 0 fully saturated rings. The second kappa shape index (κ2) is 2.63. The average Bonchev–Trinajstić information content (AvgIpc) is 1.88. The Labute approximate surface area is 66.8 Å². The number of hydrogen-bond donors (Lipinski definition) is 0. The third kappa shape index (κ3) is 1.74. The standard InChI is InChI=1S/C9H10Cl/c1-9(2,10)8-6-4-3-5-7-8/h3-6H,1-2H3. The van der Waals surface area contributed by atoms with Crippen molar-refractivity contribution >= 4 is 11.6 Å². The predicted molar refractivity (Wildman–Crippen MR) is 44.2 cm³/mol. The van der Waals surface area contributed by atoms with Gasteiger partial charge in [-0.25, -0.2) is 0 Å². The summed E-state index contributed by atoms with van der Waals surface area (Å²) in [5, 5.41) is 0. The Morgan fingerprint density at radius 1 is 1.40 bits per heavy atom. The van der Waals surface area contributed by atoms with Gasteiger partial charge in [-0.2, -0.15) is 0 Å². The van der Waals surface area contributed by atoms with Gasteiger partial charge < -0.3 is 0 Å². The van der Waals surface area contributed by atoms with Crippen molar-refractivity contribution < 1.29 is 0 Å². The lowest BCUT2D eigenvalue weighted by atomic mass is 10.0. The molecule has 1 aromatic carbocycles. The number of alkyl halides is 1. The molecule has 1 rings (SSSR count). The fourth-order valence-electron chi connectivity index (χ4n) is 0.763. The summed E-state index contributed by atoms with van der Waals surface area (Å²) in [4.78, 5) is -0.290. The van der Waals surface area contributed by atoms with Crippen molar-refractivity contribution in [1.82, 2.24) is 0 Å². The predicted octanol–water partition coefficient (Wildman–Crippen LogP) is 2.96. The van der Waals surface area contributed by atoms with E-state index in [2.05, 4.69) is 6.07 Å². The molecule has 0 bridgehead atoms. The maximum atomic E-state index is 6.03. The van der Waals surface area contributed by atoms with Crippen molar-refractivity contribution in [1.29, 1.82) is 0 Å². The molecular formula is C9H10Cl. The maximum Gasteiger partial charge on any atom is 0.0644 e. The minimum Gasteiger partial charge on any atom is -0.115 e. The Morgan fingerprint density at radius 3 is 2.40 bits per heavy atom. The summed E-state index contributed by atoms with van der Waals surface area (Å²) in [6.07, 6.45) is 0. The summed E-state index contributed by atoms with van der Waals surface area (Å²) in [7, 11) is 0. The van der Waals surface area contributed by atoms with Crippen LogP contribution in [0.1, 0.15) is 19.4 Å². The molecule has 1 aromatic rings. The Kier molecular flexibility index (Phi) is 2.00. The molecule has 0 atom stereocenters. The van der Waals surface area contributed by atoms with Crippen LogP contribution in [-0.2, 0) is 4.87 Å². The van der Waals surface area contributed by atoms with Crippen molar-refractivity contribution in [2.45, 2.75) is 18.7 Å². The zero-order valence-corrected chi connectivity index (χ0v) is 6.94. The summed E-state index contributed by atoms with van der Waals surface area (Å²) in [5.74, 6) is 0. The van der Waals surface area contributed by atoms with E-state index in [4.69, 9.17) is 11.6 Å². The molecule has 0 aliphatic carbocycles. The van der Waals surface area contributed by atoms with Crippen LogP contribution in [0.4, 0.5) is 0 Å². The molecule has 1 radical (unpaired) electrons. The molecule has 0 heterocycles. The van der Waals surface area contributed by atoms with E-state index in [-0.39, 0.29) is 4.87 Å². The van der Waals surface area contributed by atoms with Crippen LogP contribution in [0.2, 0.25) is 0 Å². The van der Waals surface area contributed by atoms with Gasteiger partial charge >= 0.3 is 0 Å². The molecular weight excluding hydrogens is 144 g/mol. The van der Waals surface area contributed by atoms with E-state index in [1.165, 1.54) is 0 Å². The summed E-state index contributed by atoms with van der Waals surface area (Å²) < 4.78 is 0. The van der Waals surface area contributed by atoms with Crippen LogP contribution in [0, 0.1) is 6.07 Å². The van der Waals surface area contributed by atoms with Gasteiger partial charge in [-0.05, 0) is 25.5 Å². The maximum absolute atomic E-state index is 6.03. The Morgan fingerprint density at radius 2 is 2.10 bits per heavy atom. The lowest BCUT2D eigenvalue weighted by Crippen LogP contribution is -2.06. The zero-order valence-electron chi connectivity index (χ0n) is 6.19. The van der Waals surface area contributed by atoms with Gasteiger partial charge in [0.05, 0.1) is 4.87 Å². The normalized spacial score (nSPS) is 11.5. The lowest BCUT2D eigenvalue weighted by Gasteiger charge is -2.14. The Balaban J connectivity index is 2.97. The monoisotopic (exact) mass is 153 g/mol. The van der Waals surface area contributed by atoms with Crippen LogP contribution in [0.25, 0.3) is 0 Å². The lowest BCUT2D eigenvalue weighted by molar-refractivity contribution is 0.764. The number of hydrogen-bond acceptors (Lipinski definition) is 0. The van der Waals surface area contributed by atoms with Gasteiger partial charge in [0.1, 0.15) is 0 Å². The fourth-order valence-corrected chi connectivity index (χ4v) is 0.881. The van der Waals surface area contributed by atoms with Crippen molar-refractivity contribution in [3.8, 4) is 0 Å².